The Balaban J connectivity index is 3.31. The van der Waals surface area contributed by atoms with Gasteiger partial charge in [-0.25, -0.2) is 4.39 Å². The first-order valence-corrected chi connectivity index (χ1v) is 2.54. The summed E-state index contributed by atoms with van der Waals surface area (Å²) in [4.78, 5) is 0. The second kappa shape index (κ2) is 2.29. The van der Waals surface area contributed by atoms with Crippen molar-refractivity contribution in [3.05, 3.63) is 23.8 Å². The normalized spacial score (nSPS) is 9.80. The molecule has 0 aliphatic rings. The number of phenolic OH excluding ortho intramolecular Hbond substituents is 1. The summed E-state index contributed by atoms with van der Waals surface area (Å²) in [6.07, 6.45) is 0. The molecule has 0 bridgehead atoms. The average molecular weight is 140 g/mol. The molecule has 4 heteroatoms. The fourth-order valence-electron chi connectivity index (χ4n) is 0.595. The molecule has 0 unspecified atom stereocenters. The van der Waals surface area contributed by atoms with Gasteiger partial charge in [-0.2, -0.15) is 4.39 Å². The van der Waals surface area contributed by atoms with E-state index in [1.54, 1.807) is 0 Å². The molecule has 0 spiro atoms. The second-order valence-electron chi connectivity index (χ2n) is 1.84. The molecule has 1 nitrogen and oxygen atoms in total. The summed E-state index contributed by atoms with van der Waals surface area (Å²) in [6, 6.07) is 1.74. The van der Waals surface area contributed by atoms with E-state index in [2.05, 4.69) is 0 Å². The lowest BCUT2D eigenvalue weighted by atomic mass is 9.96. The van der Waals surface area contributed by atoms with Gasteiger partial charge in [0, 0.05) is 0 Å². The van der Waals surface area contributed by atoms with Crippen LogP contribution in [-0.4, -0.2) is 13.0 Å². The number of hydrogen-bond acceptors (Lipinski definition) is 1. The third-order valence-electron chi connectivity index (χ3n) is 1.03. The molecule has 0 saturated carbocycles. The van der Waals surface area contributed by atoms with Crippen molar-refractivity contribution in [2.75, 3.05) is 0 Å². The summed E-state index contributed by atoms with van der Waals surface area (Å²) in [7, 11) is 5.06. The molecular formula is C6H3BF2O. The molecule has 0 aliphatic heterocycles. The van der Waals surface area contributed by atoms with Gasteiger partial charge < -0.3 is 5.11 Å². The highest BCUT2D eigenvalue weighted by molar-refractivity contribution is 6.32. The van der Waals surface area contributed by atoms with Crippen molar-refractivity contribution in [2.24, 2.45) is 0 Å². The summed E-state index contributed by atoms with van der Waals surface area (Å²) < 4.78 is 24.5. The molecule has 1 N–H and O–H groups in total. The molecule has 1 rings (SSSR count). The minimum atomic E-state index is -1.27. The summed E-state index contributed by atoms with van der Waals surface area (Å²) in [5.41, 5.74) is -0.00333. The monoisotopic (exact) mass is 140 g/mol. The molecule has 1 aromatic rings. The van der Waals surface area contributed by atoms with Crippen molar-refractivity contribution in [3.8, 4) is 5.75 Å². The van der Waals surface area contributed by atoms with Crippen molar-refractivity contribution >= 4 is 13.3 Å². The average Bonchev–Trinajstić information content (AvgIpc) is 1.82. The number of phenols is 1. The number of aromatic hydroxyl groups is 1. The zero-order valence-electron chi connectivity index (χ0n) is 4.94. The van der Waals surface area contributed by atoms with Gasteiger partial charge in [0.25, 0.3) is 0 Å². The maximum absolute atomic E-state index is 12.2. The molecular weight excluding hydrogens is 137 g/mol. The molecule has 10 heavy (non-hydrogen) atoms. The van der Waals surface area contributed by atoms with Crippen molar-refractivity contribution in [2.45, 2.75) is 0 Å². The van der Waals surface area contributed by atoms with E-state index >= 15 is 0 Å². The standard InChI is InChI=1S/C6H3BF2O/c7-3-1-4(8)6(9)5(10)2-3/h1-2,10H. The van der Waals surface area contributed by atoms with E-state index in [-0.39, 0.29) is 5.46 Å². The van der Waals surface area contributed by atoms with Crippen molar-refractivity contribution in [3.63, 3.8) is 0 Å². The first-order chi connectivity index (χ1) is 4.61. The predicted molar refractivity (Wildman–Crippen MR) is 33.4 cm³/mol. The summed E-state index contributed by atoms with van der Waals surface area (Å²) in [5.74, 6) is -3.18. The van der Waals surface area contributed by atoms with Crippen molar-refractivity contribution in [1.82, 2.24) is 0 Å². The highest BCUT2D eigenvalue weighted by atomic mass is 19.2. The molecule has 0 fully saturated rings. The zero-order valence-corrected chi connectivity index (χ0v) is 4.94. The van der Waals surface area contributed by atoms with Gasteiger partial charge in [-0.15, -0.1) is 0 Å². The number of halogens is 2. The van der Waals surface area contributed by atoms with E-state index < -0.39 is 17.4 Å². The third-order valence-corrected chi connectivity index (χ3v) is 1.03. The van der Waals surface area contributed by atoms with Crippen LogP contribution in [0.4, 0.5) is 8.78 Å². The van der Waals surface area contributed by atoms with Crippen LogP contribution in [-0.2, 0) is 0 Å². The first kappa shape index (κ1) is 7.06. The van der Waals surface area contributed by atoms with Crippen LogP contribution < -0.4 is 5.46 Å². The molecule has 2 radical (unpaired) electrons. The second-order valence-corrected chi connectivity index (χ2v) is 1.84. The number of rotatable bonds is 0. The SMILES string of the molecule is [B]c1cc(O)c(F)c(F)c1. The van der Waals surface area contributed by atoms with Crippen LogP contribution in [0.3, 0.4) is 0 Å². The zero-order chi connectivity index (χ0) is 7.72. The summed E-state index contributed by atoms with van der Waals surface area (Å²) in [6.45, 7) is 0. The highest BCUT2D eigenvalue weighted by Gasteiger charge is 2.06. The van der Waals surface area contributed by atoms with Gasteiger partial charge in [0.15, 0.2) is 17.4 Å². The van der Waals surface area contributed by atoms with E-state index in [0.717, 1.165) is 12.1 Å². The third kappa shape index (κ3) is 1.10. The van der Waals surface area contributed by atoms with Gasteiger partial charge in [0.1, 0.15) is 7.85 Å². The van der Waals surface area contributed by atoms with Gasteiger partial charge in [-0.1, -0.05) is 5.46 Å². The Bertz CT molecular complexity index is 239. The Morgan fingerprint density at radius 1 is 1.30 bits per heavy atom. The summed E-state index contributed by atoms with van der Waals surface area (Å²) >= 11 is 0. The number of benzene rings is 1. The smallest absolute Gasteiger partial charge is 0.200 e. The minimum Gasteiger partial charge on any atom is -0.505 e. The van der Waals surface area contributed by atoms with E-state index in [9.17, 15) is 8.78 Å². The van der Waals surface area contributed by atoms with Crippen LogP contribution in [0.15, 0.2) is 12.1 Å². The Kier molecular flexibility index (Phi) is 1.61. The van der Waals surface area contributed by atoms with Gasteiger partial charge in [0.05, 0.1) is 0 Å². The largest absolute Gasteiger partial charge is 0.505 e. The molecule has 1 aromatic carbocycles. The van der Waals surface area contributed by atoms with Crippen LogP contribution in [0.1, 0.15) is 0 Å². The minimum absolute atomic E-state index is 0.00333. The topological polar surface area (TPSA) is 20.2 Å². The fourth-order valence-corrected chi connectivity index (χ4v) is 0.595. The molecule has 0 heterocycles. The Morgan fingerprint density at radius 2 is 1.90 bits per heavy atom. The molecule has 0 aromatic heterocycles. The van der Waals surface area contributed by atoms with Gasteiger partial charge in [-0.3, -0.25) is 0 Å². The van der Waals surface area contributed by atoms with E-state index in [1.165, 1.54) is 0 Å². The van der Waals surface area contributed by atoms with Crippen molar-refractivity contribution in [1.29, 1.82) is 0 Å². The highest BCUT2D eigenvalue weighted by Crippen LogP contribution is 2.14. The fraction of sp³-hybridized carbons (Fsp3) is 0. The number of hydrogen-bond donors (Lipinski definition) is 1. The lowest BCUT2D eigenvalue weighted by Gasteiger charge is -1.97. The lowest BCUT2D eigenvalue weighted by Crippen LogP contribution is -2.03. The molecule has 50 valence electrons. The van der Waals surface area contributed by atoms with E-state index in [0.29, 0.717) is 0 Å². The Morgan fingerprint density at radius 3 is 2.40 bits per heavy atom. The van der Waals surface area contributed by atoms with Crippen LogP contribution in [0, 0.1) is 11.6 Å². The lowest BCUT2D eigenvalue weighted by molar-refractivity contribution is 0.408. The maximum atomic E-state index is 12.2. The van der Waals surface area contributed by atoms with E-state index in [4.69, 9.17) is 13.0 Å². The molecule has 0 aliphatic carbocycles. The van der Waals surface area contributed by atoms with Crippen molar-refractivity contribution < 1.29 is 13.9 Å². The van der Waals surface area contributed by atoms with Gasteiger partial charge in [0.2, 0.25) is 0 Å². The molecule has 0 saturated heterocycles. The van der Waals surface area contributed by atoms with E-state index in [1.807, 2.05) is 0 Å². The molecule has 0 atom stereocenters. The first-order valence-electron chi connectivity index (χ1n) is 2.54. The van der Waals surface area contributed by atoms with Crippen LogP contribution in [0.2, 0.25) is 0 Å². The Labute approximate surface area is 57.7 Å². The van der Waals surface area contributed by atoms with Crippen LogP contribution in [0.25, 0.3) is 0 Å². The predicted octanol–water partition coefficient (Wildman–Crippen LogP) is 0.464. The van der Waals surface area contributed by atoms with Crippen LogP contribution in [0.5, 0.6) is 5.75 Å². The Hall–Kier alpha value is -1.06. The van der Waals surface area contributed by atoms with Crippen LogP contribution >= 0.6 is 0 Å². The quantitative estimate of drug-likeness (QED) is 0.519. The summed E-state index contributed by atoms with van der Waals surface area (Å²) in [5, 5.41) is 8.59. The molecule has 0 amide bonds. The van der Waals surface area contributed by atoms with Gasteiger partial charge >= 0.3 is 0 Å². The van der Waals surface area contributed by atoms with Gasteiger partial charge in [-0.05, 0) is 12.1 Å². The maximum Gasteiger partial charge on any atom is 0.200 e.